The number of carboxylic acid groups (broad SMARTS) is 1. The molecule has 0 spiro atoms. The molecule has 188 valence electrons. The quantitative estimate of drug-likeness (QED) is 0.317. The molecule has 1 saturated heterocycles. The molecular formula is C25H21Cl2N7O2S. The number of benzene rings is 2. The van der Waals surface area contributed by atoms with E-state index in [1.807, 2.05) is 35.0 Å². The second-order valence-electron chi connectivity index (χ2n) is 8.34. The average molecular weight is 554 g/mol. The van der Waals surface area contributed by atoms with Crippen molar-refractivity contribution in [1.82, 2.24) is 20.1 Å². The molecule has 0 amide bonds. The molecule has 9 nitrogen and oxygen atoms in total. The van der Waals surface area contributed by atoms with E-state index >= 15 is 0 Å². The fraction of sp³-hybridized carbons (Fsp3) is 0.200. The number of fused-ring (bicyclic) bond motifs is 1. The highest BCUT2D eigenvalue weighted by Gasteiger charge is 2.19. The number of nitriles is 1. The summed E-state index contributed by atoms with van der Waals surface area (Å²) in [5.74, 6) is 0.147. The van der Waals surface area contributed by atoms with Crippen LogP contribution in [0.15, 0.2) is 59.6 Å². The molecule has 0 aliphatic carbocycles. The Balaban J connectivity index is 1.47. The minimum absolute atomic E-state index is 0.238. The van der Waals surface area contributed by atoms with Crippen LogP contribution in [0.5, 0.6) is 0 Å². The Morgan fingerprint density at radius 3 is 2.57 bits per heavy atom. The molecule has 5 rings (SSSR count). The van der Waals surface area contributed by atoms with Gasteiger partial charge in [0.05, 0.1) is 5.52 Å². The van der Waals surface area contributed by atoms with Crippen LogP contribution < -0.4 is 14.5 Å². The van der Waals surface area contributed by atoms with Crippen LogP contribution >= 0.6 is 35.1 Å². The molecule has 0 bridgehead atoms. The van der Waals surface area contributed by atoms with E-state index in [0.717, 1.165) is 42.0 Å². The van der Waals surface area contributed by atoms with Gasteiger partial charge in [0, 0.05) is 64.5 Å². The molecule has 2 aromatic heterocycles. The van der Waals surface area contributed by atoms with Crippen LogP contribution in [0.1, 0.15) is 5.56 Å². The lowest BCUT2D eigenvalue weighted by Crippen LogP contribution is -2.44. The summed E-state index contributed by atoms with van der Waals surface area (Å²) in [6.07, 6.45) is 1.83. The van der Waals surface area contributed by atoms with Crippen LogP contribution in [0.3, 0.4) is 0 Å². The molecule has 1 aliphatic heterocycles. The predicted molar refractivity (Wildman–Crippen MR) is 146 cm³/mol. The zero-order valence-electron chi connectivity index (χ0n) is 19.4. The van der Waals surface area contributed by atoms with Crippen LogP contribution in [-0.4, -0.2) is 58.6 Å². The van der Waals surface area contributed by atoms with E-state index in [-0.39, 0.29) is 6.54 Å². The SMILES string of the molecule is N#Cc1cc(N2CCNCC2)nnc1-n1ccc2cc(N(CC(=O)O)Sc3cc(Cl)cc(Cl)c3)ccc21. The highest BCUT2D eigenvalue weighted by molar-refractivity contribution is 8.00. The Labute approximate surface area is 227 Å². The number of carbonyl (C=O) groups is 1. The van der Waals surface area contributed by atoms with E-state index in [1.165, 1.54) is 11.9 Å². The highest BCUT2D eigenvalue weighted by Crippen LogP contribution is 2.34. The first-order chi connectivity index (χ1) is 17.9. The second kappa shape index (κ2) is 10.9. The van der Waals surface area contributed by atoms with Gasteiger partial charge in [-0.25, -0.2) is 0 Å². The maximum absolute atomic E-state index is 11.6. The summed E-state index contributed by atoms with van der Waals surface area (Å²) < 4.78 is 3.47. The lowest BCUT2D eigenvalue weighted by atomic mass is 10.2. The molecular weight excluding hydrogens is 533 g/mol. The standard InChI is InChI=1S/C25H21Cl2N7O2S/c26-18-11-19(27)13-21(12-18)37-34(15-24(35)36)20-1-2-22-16(9-20)3-6-33(22)25-17(14-28)10-23(30-31-25)32-7-4-29-5-8-32/h1-3,6,9-13,29H,4-5,7-8,15H2,(H,35,36). The Kier molecular flexibility index (Phi) is 7.39. The van der Waals surface area contributed by atoms with Crippen molar-refractivity contribution >= 4 is 63.5 Å². The predicted octanol–water partition coefficient (Wildman–Crippen LogP) is 4.61. The third-order valence-electron chi connectivity index (χ3n) is 5.84. The highest BCUT2D eigenvalue weighted by atomic mass is 35.5. The van der Waals surface area contributed by atoms with Gasteiger partial charge in [-0.3, -0.25) is 9.36 Å². The molecule has 0 saturated carbocycles. The van der Waals surface area contributed by atoms with Gasteiger partial charge >= 0.3 is 5.97 Å². The minimum atomic E-state index is -0.975. The van der Waals surface area contributed by atoms with Crippen molar-refractivity contribution in [3.8, 4) is 11.9 Å². The summed E-state index contributed by atoms with van der Waals surface area (Å²) in [5.41, 5.74) is 1.93. The van der Waals surface area contributed by atoms with Gasteiger partial charge in [-0.1, -0.05) is 23.2 Å². The van der Waals surface area contributed by atoms with Gasteiger partial charge in [0.1, 0.15) is 18.2 Å². The molecule has 4 aromatic rings. The van der Waals surface area contributed by atoms with Crippen LogP contribution in [0.4, 0.5) is 11.5 Å². The Bertz CT molecular complexity index is 1490. The van der Waals surface area contributed by atoms with Gasteiger partial charge in [-0.2, -0.15) is 5.26 Å². The number of rotatable bonds is 7. The molecule has 12 heteroatoms. The number of hydrogen-bond donors (Lipinski definition) is 2. The van der Waals surface area contributed by atoms with Crippen molar-refractivity contribution in [2.24, 2.45) is 0 Å². The molecule has 3 heterocycles. The molecule has 0 atom stereocenters. The average Bonchev–Trinajstić information content (AvgIpc) is 3.30. The van der Waals surface area contributed by atoms with Gasteiger partial charge in [0.15, 0.2) is 11.6 Å². The molecule has 0 unspecified atom stereocenters. The third kappa shape index (κ3) is 5.60. The topological polar surface area (TPSA) is 110 Å². The lowest BCUT2D eigenvalue weighted by molar-refractivity contribution is -0.135. The normalized spacial score (nSPS) is 13.5. The van der Waals surface area contributed by atoms with Crippen LogP contribution in [0.2, 0.25) is 10.0 Å². The summed E-state index contributed by atoms with van der Waals surface area (Å²) in [7, 11) is 0. The van der Waals surface area contributed by atoms with Crippen LogP contribution in [-0.2, 0) is 4.79 Å². The van der Waals surface area contributed by atoms with Gasteiger partial charge in [-0.15, -0.1) is 10.2 Å². The summed E-state index contributed by atoms with van der Waals surface area (Å²) in [6, 6.07) is 16.6. The second-order valence-corrected chi connectivity index (χ2v) is 10.3. The van der Waals surface area contributed by atoms with Crippen molar-refractivity contribution in [2.45, 2.75) is 4.90 Å². The van der Waals surface area contributed by atoms with Crippen molar-refractivity contribution in [1.29, 1.82) is 5.26 Å². The first kappa shape index (κ1) is 25.2. The maximum atomic E-state index is 11.6. The first-order valence-corrected chi connectivity index (χ1v) is 12.9. The summed E-state index contributed by atoms with van der Waals surface area (Å²) in [5, 5.41) is 33.2. The number of carboxylic acids is 1. The number of halogens is 2. The fourth-order valence-corrected chi connectivity index (χ4v) is 5.82. The van der Waals surface area contributed by atoms with Crippen molar-refractivity contribution in [2.75, 3.05) is 41.9 Å². The number of hydrogen-bond acceptors (Lipinski definition) is 8. The summed E-state index contributed by atoms with van der Waals surface area (Å²) in [6.45, 7) is 3.09. The number of nitrogens with one attached hydrogen (secondary N) is 1. The van der Waals surface area contributed by atoms with E-state index in [0.29, 0.717) is 32.9 Å². The Morgan fingerprint density at radius 2 is 1.86 bits per heavy atom. The van der Waals surface area contributed by atoms with Gasteiger partial charge in [0.25, 0.3) is 0 Å². The number of piperazine rings is 1. The van der Waals surface area contributed by atoms with E-state index in [1.54, 1.807) is 28.6 Å². The van der Waals surface area contributed by atoms with Gasteiger partial charge < -0.3 is 19.6 Å². The van der Waals surface area contributed by atoms with Gasteiger partial charge in [0.2, 0.25) is 0 Å². The van der Waals surface area contributed by atoms with Crippen LogP contribution in [0, 0.1) is 11.3 Å². The maximum Gasteiger partial charge on any atom is 0.324 e. The molecule has 0 radical (unpaired) electrons. The van der Waals surface area contributed by atoms with E-state index < -0.39 is 5.97 Å². The Hall–Kier alpha value is -3.49. The summed E-state index contributed by atoms with van der Waals surface area (Å²) >= 11 is 13.5. The van der Waals surface area contributed by atoms with Crippen molar-refractivity contribution in [3.05, 3.63) is 70.3 Å². The number of aromatic nitrogens is 3. The van der Waals surface area contributed by atoms with Gasteiger partial charge in [-0.05, 0) is 54.4 Å². The first-order valence-electron chi connectivity index (χ1n) is 11.4. The Morgan fingerprint density at radius 1 is 1.11 bits per heavy atom. The largest absolute Gasteiger partial charge is 0.480 e. The number of anilines is 2. The summed E-state index contributed by atoms with van der Waals surface area (Å²) in [4.78, 5) is 14.4. The monoisotopic (exact) mass is 553 g/mol. The smallest absolute Gasteiger partial charge is 0.324 e. The van der Waals surface area contributed by atoms with Crippen molar-refractivity contribution in [3.63, 3.8) is 0 Å². The van der Waals surface area contributed by atoms with E-state index in [4.69, 9.17) is 23.2 Å². The van der Waals surface area contributed by atoms with E-state index in [2.05, 4.69) is 26.5 Å². The third-order valence-corrected chi connectivity index (χ3v) is 7.29. The minimum Gasteiger partial charge on any atom is -0.480 e. The lowest BCUT2D eigenvalue weighted by Gasteiger charge is -2.28. The molecule has 1 fully saturated rings. The molecule has 2 aromatic carbocycles. The molecule has 37 heavy (non-hydrogen) atoms. The molecule has 2 N–H and O–H groups in total. The van der Waals surface area contributed by atoms with Crippen molar-refractivity contribution < 1.29 is 9.90 Å². The van der Waals surface area contributed by atoms with Crippen LogP contribution in [0.25, 0.3) is 16.7 Å². The fourth-order valence-electron chi connectivity index (χ4n) is 4.16. The zero-order chi connectivity index (χ0) is 25.9. The number of aliphatic carboxylic acids is 1. The number of nitrogens with zero attached hydrogens (tertiary/aromatic N) is 6. The molecule has 1 aliphatic rings. The zero-order valence-corrected chi connectivity index (χ0v) is 21.8. The van der Waals surface area contributed by atoms with E-state index in [9.17, 15) is 15.2 Å².